The largest absolute Gasteiger partial charge is 0.497 e. The van der Waals surface area contributed by atoms with Gasteiger partial charge in [0, 0.05) is 44.6 Å². The molecule has 0 saturated carbocycles. The maximum atomic E-state index is 12.9. The first kappa shape index (κ1) is 18.0. The molecule has 4 heterocycles. The van der Waals surface area contributed by atoms with Crippen LogP contribution in [0.1, 0.15) is 24.0 Å². The van der Waals surface area contributed by atoms with Crippen molar-refractivity contribution in [2.75, 3.05) is 26.7 Å². The van der Waals surface area contributed by atoms with Gasteiger partial charge in [0.1, 0.15) is 5.75 Å². The molecule has 2 atom stereocenters. The number of carbonyl (C=O) groups is 1. The van der Waals surface area contributed by atoms with Gasteiger partial charge < -0.3 is 9.64 Å². The third-order valence-corrected chi connectivity index (χ3v) is 5.75. The molecule has 0 spiro atoms. The number of methoxy groups -OCH3 is 1. The Bertz CT molecular complexity index is 763. The average Bonchev–Trinajstić information content (AvgIpc) is 3.00. The maximum absolute atomic E-state index is 12.9. The van der Waals surface area contributed by atoms with Gasteiger partial charge in [0.05, 0.1) is 13.5 Å². The lowest BCUT2D eigenvalue weighted by Gasteiger charge is -2.36. The molecule has 5 heteroatoms. The Morgan fingerprint density at radius 1 is 1.11 bits per heavy atom. The molecule has 3 saturated heterocycles. The van der Waals surface area contributed by atoms with Crippen LogP contribution in [0, 0.1) is 5.92 Å². The molecule has 5 rings (SSSR count). The number of rotatable bonds is 5. The first-order valence-electron chi connectivity index (χ1n) is 9.75. The summed E-state index contributed by atoms with van der Waals surface area (Å²) in [5.74, 6) is 1.70. The standard InChI is InChI=1S/C22H27N3O2/c1-27-21-8-5-17(6-9-21)13-24-14-19-4-7-20(16-24)25(15-19)22(26)11-18-3-2-10-23-12-18/h2-3,5-6,8-10,12,19-20H,4,7,11,13-16H2,1H3/t19-,20+/m0/s1. The molecule has 1 aromatic carbocycles. The van der Waals surface area contributed by atoms with Crippen molar-refractivity contribution < 1.29 is 9.53 Å². The molecule has 1 aromatic heterocycles. The van der Waals surface area contributed by atoms with Gasteiger partial charge >= 0.3 is 0 Å². The molecule has 3 aliphatic rings. The zero-order valence-electron chi connectivity index (χ0n) is 15.9. The van der Waals surface area contributed by atoms with Gasteiger partial charge in [0.2, 0.25) is 5.91 Å². The summed E-state index contributed by atoms with van der Waals surface area (Å²) in [4.78, 5) is 21.7. The van der Waals surface area contributed by atoms with E-state index in [2.05, 4.69) is 26.9 Å². The predicted molar refractivity (Wildman–Crippen MR) is 104 cm³/mol. The van der Waals surface area contributed by atoms with E-state index in [0.29, 0.717) is 18.4 Å². The fourth-order valence-electron chi connectivity index (χ4n) is 4.38. The Labute approximate surface area is 161 Å². The molecule has 0 radical (unpaired) electrons. The van der Waals surface area contributed by atoms with E-state index in [0.717, 1.165) is 43.9 Å². The minimum Gasteiger partial charge on any atom is -0.497 e. The van der Waals surface area contributed by atoms with E-state index in [-0.39, 0.29) is 5.91 Å². The van der Waals surface area contributed by atoms with Gasteiger partial charge in [-0.1, -0.05) is 18.2 Å². The second kappa shape index (κ2) is 8.09. The molecule has 0 unspecified atom stereocenters. The number of carbonyl (C=O) groups excluding carboxylic acids is 1. The maximum Gasteiger partial charge on any atom is 0.227 e. The van der Waals surface area contributed by atoms with Gasteiger partial charge in [-0.25, -0.2) is 0 Å². The highest BCUT2D eigenvalue weighted by Gasteiger charge is 2.36. The lowest BCUT2D eigenvalue weighted by Crippen LogP contribution is -2.48. The molecule has 3 aliphatic heterocycles. The molecule has 3 fully saturated rings. The number of fused-ring (bicyclic) bond motifs is 4. The normalized spacial score (nSPS) is 22.5. The summed E-state index contributed by atoms with van der Waals surface area (Å²) in [6.45, 7) is 3.85. The van der Waals surface area contributed by atoms with E-state index < -0.39 is 0 Å². The fourth-order valence-corrected chi connectivity index (χ4v) is 4.38. The predicted octanol–water partition coefficient (Wildman–Crippen LogP) is 2.76. The van der Waals surface area contributed by atoms with Crippen molar-refractivity contribution in [3.8, 4) is 5.75 Å². The molecular weight excluding hydrogens is 338 g/mol. The molecule has 2 bridgehead atoms. The second-order valence-corrected chi connectivity index (χ2v) is 7.72. The number of pyridine rings is 1. The molecule has 2 aromatic rings. The van der Waals surface area contributed by atoms with Gasteiger partial charge in [-0.05, 0) is 48.1 Å². The molecular formula is C22H27N3O2. The Hall–Kier alpha value is -2.40. The number of piperidine rings is 1. The van der Waals surface area contributed by atoms with Gasteiger partial charge in [-0.15, -0.1) is 0 Å². The SMILES string of the molecule is COc1ccc(CN2C[C@@H]3CC[C@H](C2)N(C(=O)Cc2cccnc2)C3)cc1. The van der Waals surface area contributed by atoms with Crippen LogP contribution in [0.15, 0.2) is 48.8 Å². The number of ether oxygens (including phenoxy) is 1. The summed E-state index contributed by atoms with van der Waals surface area (Å²) in [6, 6.07) is 12.5. The molecule has 5 nitrogen and oxygen atoms in total. The van der Waals surface area contributed by atoms with Crippen LogP contribution in [0.25, 0.3) is 0 Å². The minimum atomic E-state index is 0.240. The lowest BCUT2D eigenvalue weighted by molar-refractivity contribution is -0.134. The lowest BCUT2D eigenvalue weighted by atomic mass is 9.94. The van der Waals surface area contributed by atoms with Crippen molar-refractivity contribution in [3.05, 3.63) is 59.9 Å². The minimum absolute atomic E-state index is 0.240. The van der Waals surface area contributed by atoms with Crippen LogP contribution >= 0.6 is 0 Å². The Balaban J connectivity index is 1.41. The van der Waals surface area contributed by atoms with Crippen LogP contribution in [0.3, 0.4) is 0 Å². The van der Waals surface area contributed by atoms with Crippen LogP contribution in [-0.4, -0.2) is 53.5 Å². The van der Waals surface area contributed by atoms with Crippen molar-refractivity contribution in [3.63, 3.8) is 0 Å². The molecule has 0 N–H and O–H groups in total. The smallest absolute Gasteiger partial charge is 0.227 e. The third kappa shape index (κ3) is 4.30. The Morgan fingerprint density at radius 3 is 2.70 bits per heavy atom. The highest BCUT2D eigenvalue weighted by atomic mass is 16.5. The number of benzene rings is 1. The van der Waals surface area contributed by atoms with E-state index in [9.17, 15) is 4.79 Å². The number of nitrogens with zero attached hydrogens (tertiary/aromatic N) is 3. The monoisotopic (exact) mass is 365 g/mol. The summed E-state index contributed by atoms with van der Waals surface area (Å²) in [7, 11) is 1.69. The fraction of sp³-hybridized carbons (Fsp3) is 0.455. The van der Waals surface area contributed by atoms with Crippen molar-refractivity contribution >= 4 is 5.91 Å². The van der Waals surface area contributed by atoms with Crippen molar-refractivity contribution in [1.29, 1.82) is 0 Å². The molecule has 142 valence electrons. The van der Waals surface area contributed by atoms with Gasteiger partial charge in [-0.3, -0.25) is 14.7 Å². The number of hydrogen-bond donors (Lipinski definition) is 0. The molecule has 27 heavy (non-hydrogen) atoms. The second-order valence-electron chi connectivity index (χ2n) is 7.72. The summed E-state index contributed by atoms with van der Waals surface area (Å²) < 4.78 is 5.25. The van der Waals surface area contributed by atoms with Crippen molar-refractivity contribution in [2.45, 2.75) is 31.8 Å². The topological polar surface area (TPSA) is 45.7 Å². The van der Waals surface area contributed by atoms with Crippen LogP contribution in [0.4, 0.5) is 0 Å². The van der Waals surface area contributed by atoms with Gasteiger partial charge in [0.15, 0.2) is 0 Å². The summed E-state index contributed by atoms with van der Waals surface area (Å²) in [6.07, 6.45) is 6.33. The molecule has 0 aliphatic carbocycles. The third-order valence-electron chi connectivity index (χ3n) is 5.75. The van der Waals surface area contributed by atoms with Crippen LogP contribution in [0.5, 0.6) is 5.75 Å². The van der Waals surface area contributed by atoms with E-state index in [4.69, 9.17) is 4.74 Å². The van der Waals surface area contributed by atoms with E-state index in [1.54, 1.807) is 19.5 Å². The number of aromatic nitrogens is 1. The Morgan fingerprint density at radius 2 is 1.96 bits per heavy atom. The summed E-state index contributed by atoms with van der Waals surface area (Å²) in [5, 5.41) is 0. The number of hydrogen-bond acceptors (Lipinski definition) is 4. The van der Waals surface area contributed by atoms with Crippen LogP contribution in [-0.2, 0) is 17.8 Å². The van der Waals surface area contributed by atoms with Crippen LogP contribution < -0.4 is 4.74 Å². The van der Waals surface area contributed by atoms with E-state index in [1.165, 1.54) is 12.0 Å². The quantitative estimate of drug-likeness (QED) is 0.817. The first-order chi connectivity index (χ1) is 13.2. The van der Waals surface area contributed by atoms with Crippen molar-refractivity contribution in [1.82, 2.24) is 14.8 Å². The Kier molecular flexibility index (Phi) is 5.39. The zero-order chi connectivity index (χ0) is 18.6. The number of amides is 1. The van der Waals surface area contributed by atoms with E-state index in [1.807, 2.05) is 24.3 Å². The highest BCUT2D eigenvalue weighted by molar-refractivity contribution is 5.79. The summed E-state index contributed by atoms with van der Waals surface area (Å²) in [5.41, 5.74) is 2.29. The van der Waals surface area contributed by atoms with Crippen molar-refractivity contribution in [2.24, 2.45) is 5.92 Å². The van der Waals surface area contributed by atoms with E-state index >= 15 is 0 Å². The first-order valence-corrected chi connectivity index (χ1v) is 9.75. The van der Waals surface area contributed by atoms with Gasteiger partial charge in [0.25, 0.3) is 0 Å². The summed E-state index contributed by atoms with van der Waals surface area (Å²) >= 11 is 0. The van der Waals surface area contributed by atoms with Gasteiger partial charge in [-0.2, -0.15) is 0 Å². The average molecular weight is 365 g/mol. The highest BCUT2D eigenvalue weighted by Crippen LogP contribution is 2.29. The molecule has 1 amide bonds. The zero-order valence-corrected chi connectivity index (χ0v) is 15.9. The van der Waals surface area contributed by atoms with Crippen LogP contribution in [0.2, 0.25) is 0 Å².